The monoisotopic (exact) mass is 660 g/mol. The molecule has 0 amide bonds. The van der Waals surface area contributed by atoms with Crippen LogP contribution in [-0.2, 0) is 9.53 Å². The summed E-state index contributed by atoms with van der Waals surface area (Å²) in [4.78, 5) is 40.2. The van der Waals surface area contributed by atoms with Crippen LogP contribution < -0.4 is 18.9 Å². The van der Waals surface area contributed by atoms with E-state index in [2.05, 4.69) is 36.9 Å². The number of nitrogens with zero attached hydrogens (tertiary/aromatic N) is 2. The molecule has 3 aromatic carbocycles. The van der Waals surface area contributed by atoms with Crippen molar-refractivity contribution < 1.29 is 38.2 Å². The second-order valence-corrected chi connectivity index (χ2v) is 9.52. The zero-order valence-corrected chi connectivity index (χ0v) is 23.7. The third kappa shape index (κ3) is 5.94. The molecule has 1 aliphatic rings. The summed E-state index contributed by atoms with van der Waals surface area (Å²) in [5.41, 5.74) is 0.602. The predicted molar refractivity (Wildman–Crippen MR) is 147 cm³/mol. The van der Waals surface area contributed by atoms with Crippen molar-refractivity contribution in [2.75, 3.05) is 21.3 Å². The summed E-state index contributed by atoms with van der Waals surface area (Å²) in [7, 11) is 4.38. The number of esters is 2. The smallest absolute Gasteiger partial charge is 0.363 e. The van der Waals surface area contributed by atoms with Crippen LogP contribution in [0.3, 0.4) is 0 Å². The molecule has 0 aliphatic carbocycles. The molecular weight excluding hydrogens is 644 g/mol. The van der Waals surface area contributed by atoms with Gasteiger partial charge < -0.3 is 23.7 Å². The molecular formula is C26H18Br2N2O9. The van der Waals surface area contributed by atoms with E-state index >= 15 is 0 Å². The summed E-state index contributed by atoms with van der Waals surface area (Å²) in [6, 6.07) is 11.4. The van der Waals surface area contributed by atoms with Crippen molar-refractivity contribution >= 4 is 61.5 Å². The fourth-order valence-corrected chi connectivity index (χ4v) is 4.89. The lowest BCUT2D eigenvalue weighted by molar-refractivity contribution is -0.384. The standard InChI is InChI=1S/C26H18Br2N2O9/c1-35-20-10-15(11-21(36-2)23(20)37-3)24-29-19(26(32)39-24)9-14-8-16(27)12-18(28)22(14)38-25(31)13-4-6-17(7-5-13)30(33)34/h4-12H,1-3H3/b19-9-. The Morgan fingerprint density at radius 3 is 2.18 bits per heavy atom. The van der Waals surface area contributed by atoms with Gasteiger partial charge in [-0.15, -0.1) is 0 Å². The van der Waals surface area contributed by atoms with Crippen molar-refractivity contribution in [2.24, 2.45) is 4.99 Å². The number of carbonyl (C=O) groups is 2. The van der Waals surface area contributed by atoms with Crippen LogP contribution in [0, 0.1) is 10.1 Å². The first kappa shape index (κ1) is 27.8. The number of carbonyl (C=O) groups excluding carboxylic acids is 2. The highest BCUT2D eigenvalue weighted by Crippen LogP contribution is 2.40. The summed E-state index contributed by atoms with van der Waals surface area (Å²) in [5.74, 6) is -0.338. The summed E-state index contributed by atoms with van der Waals surface area (Å²) >= 11 is 6.75. The predicted octanol–water partition coefficient (Wildman–Crippen LogP) is 5.71. The highest BCUT2D eigenvalue weighted by atomic mass is 79.9. The van der Waals surface area contributed by atoms with E-state index in [0.717, 1.165) is 0 Å². The number of rotatable bonds is 8. The van der Waals surface area contributed by atoms with Crippen LogP contribution in [0.2, 0.25) is 0 Å². The zero-order valence-electron chi connectivity index (χ0n) is 20.5. The van der Waals surface area contributed by atoms with Gasteiger partial charge in [0.05, 0.1) is 36.3 Å². The molecule has 0 bridgehead atoms. The molecule has 1 aliphatic heterocycles. The normalized spacial score (nSPS) is 13.5. The zero-order chi connectivity index (χ0) is 28.3. The van der Waals surface area contributed by atoms with Crippen molar-refractivity contribution in [3.63, 3.8) is 0 Å². The van der Waals surface area contributed by atoms with E-state index in [4.69, 9.17) is 23.7 Å². The summed E-state index contributed by atoms with van der Waals surface area (Å²) in [5, 5.41) is 10.9. The second-order valence-electron chi connectivity index (χ2n) is 7.75. The van der Waals surface area contributed by atoms with Gasteiger partial charge in [0.1, 0.15) is 0 Å². The Balaban J connectivity index is 1.70. The van der Waals surface area contributed by atoms with Crippen LogP contribution in [0.25, 0.3) is 6.08 Å². The fourth-order valence-electron chi connectivity index (χ4n) is 3.55. The molecule has 0 radical (unpaired) electrons. The van der Waals surface area contributed by atoms with Gasteiger partial charge in [0, 0.05) is 27.7 Å². The first-order valence-corrected chi connectivity index (χ1v) is 12.5. The SMILES string of the molecule is COc1cc(C2=N/C(=C\c3cc(Br)cc(Br)c3OC(=O)c3ccc([N+](=O)[O-])cc3)C(=O)O2)cc(OC)c1OC. The van der Waals surface area contributed by atoms with Crippen LogP contribution >= 0.6 is 31.9 Å². The third-order valence-electron chi connectivity index (χ3n) is 5.37. The van der Waals surface area contributed by atoms with Gasteiger partial charge in [-0.1, -0.05) is 15.9 Å². The van der Waals surface area contributed by atoms with E-state index in [1.54, 1.807) is 24.3 Å². The van der Waals surface area contributed by atoms with E-state index in [9.17, 15) is 19.7 Å². The molecule has 11 nitrogen and oxygen atoms in total. The number of nitro benzene ring substituents is 1. The molecule has 0 aromatic heterocycles. The number of hydrogen-bond donors (Lipinski definition) is 0. The fraction of sp³-hybridized carbons (Fsp3) is 0.115. The van der Waals surface area contributed by atoms with E-state index in [1.165, 1.54) is 51.7 Å². The van der Waals surface area contributed by atoms with Gasteiger partial charge >= 0.3 is 11.9 Å². The maximum Gasteiger partial charge on any atom is 0.363 e. The number of methoxy groups -OCH3 is 3. The molecule has 39 heavy (non-hydrogen) atoms. The minimum atomic E-state index is -0.761. The number of cyclic esters (lactones) is 1. The largest absolute Gasteiger partial charge is 0.493 e. The van der Waals surface area contributed by atoms with E-state index in [-0.39, 0.29) is 28.6 Å². The lowest BCUT2D eigenvalue weighted by atomic mass is 10.1. The Morgan fingerprint density at radius 1 is 0.974 bits per heavy atom. The average Bonchev–Trinajstić information content (AvgIpc) is 3.29. The molecule has 0 atom stereocenters. The molecule has 0 N–H and O–H groups in total. The summed E-state index contributed by atoms with van der Waals surface area (Å²) in [6.07, 6.45) is 1.40. The van der Waals surface area contributed by atoms with Crippen molar-refractivity contribution in [1.29, 1.82) is 0 Å². The highest BCUT2D eigenvalue weighted by Gasteiger charge is 2.27. The molecule has 3 aromatic rings. The van der Waals surface area contributed by atoms with Crippen molar-refractivity contribution in [3.05, 3.63) is 90.0 Å². The van der Waals surface area contributed by atoms with Crippen LogP contribution in [0.1, 0.15) is 21.5 Å². The van der Waals surface area contributed by atoms with Crippen LogP contribution in [0.4, 0.5) is 5.69 Å². The number of aliphatic imine (C=N–C) groups is 1. The van der Waals surface area contributed by atoms with Gasteiger partial charge in [0.25, 0.3) is 5.69 Å². The molecule has 0 unspecified atom stereocenters. The van der Waals surface area contributed by atoms with Crippen molar-refractivity contribution in [1.82, 2.24) is 0 Å². The highest BCUT2D eigenvalue weighted by molar-refractivity contribution is 9.11. The average molecular weight is 662 g/mol. The molecule has 200 valence electrons. The summed E-state index contributed by atoms with van der Waals surface area (Å²) in [6.45, 7) is 0. The molecule has 0 spiro atoms. The first-order valence-electron chi connectivity index (χ1n) is 10.9. The lowest BCUT2D eigenvalue weighted by Crippen LogP contribution is -2.10. The topological polar surface area (TPSA) is 136 Å². The van der Waals surface area contributed by atoms with Crippen LogP contribution in [0.5, 0.6) is 23.0 Å². The Bertz CT molecular complexity index is 1520. The number of ether oxygens (including phenoxy) is 5. The number of halogens is 2. The van der Waals surface area contributed by atoms with Crippen molar-refractivity contribution in [2.45, 2.75) is 0 Å². The van der Waals surface area contributed by atoms with Crippen LogP contribution in [0.15, 0.2) is 68.2 Å². The van der Waals surface area contributed by atoms with Gasteiger partial charge in [-0.2, -0.15) is 0 Å². The maximum atomic E-state index is 12.8. The van der Waals surface area contributed by atoms with Gasteiger partial charge in [0.15, 0.2) is 22.9 Å². The first-order chi connectivity index (χ1) is 18.6. The Morgan fingerprint density at radius 2 is 1.62 bits per heavy atom. The third-order valence-corrected chi connectivity index (χ3v) is 6.42. The quantitative estimate of drug-likeness (QED) is 0.0978. The number of non-ortho nitro benzene ring substituents is 1. The molecule has 1 heterocycles. The van der Waals surface area contributed by atoms with Gasteiger partial charge in [-0.3, -0.25) is 10.1 Å². The van der Waals surface area contributed by atoms with Gasteiger partial charge in [0.2, 0.25) is 11.6 Å². The minimum Gasteiger partial charge on any atom is -0.493 e. The Labute approximate surface area is 238 Å². The summed E-state index contributed by atoms with van der Waals surface area (Å²) < 4.78 is 28.0. The molecule has 0 fully saturated rings. The maximum absolute atomic E-state index is 12.8. The van der Waals surface area contributed by atoms with E-state index in [1.807, 2.05) is 0 Å². The van der Waals surface area contributed by atoms with Gasteiger partial charge in [-0.25, -0.2) is 14.6 Å². The number of nitro groups is 1. The molecule has 0 saturated heterocycles. The Kier molecular flexibility index (Phi) is 8.31. The van der Waals surface area contributed by atoms with E-state index in [0.29, 0.717) is 37.3 Å². The molecule has 0 saturated carbocycles. The van der Waals surface area contributed by atoms with Gasteiger partial charge in [-0.05, 0) is 58.4 Å². The number of benzene rings is 3. The molecule has 13 heteroatoms. The second kappa shape index (κ2) is 11.7. The van der Waals surface area contributed by atoms with Crippen molar-refractivity contribution in [3.8, 4) is 23.0 Å². The Hall–Kier alpha value is -4.23. The minimum absolute atomic E-state index is 0.00369. The molecule has 4 rings (SSSR count). The lowest BCUT2D eigenvalue weighted by Gasteiger charge is -2.13. The van der Waals surface area contributed by atoms with Crippen LogP contribution in [-0.4, -0.2) is 44.1 Å². The van der Waals surface area contributed by atoms with E-state index < -0.39 is 16.9 Å². The number of hydrogen-bond acceptors (Lipinski definition) is 10.